The van der Waals surface area contributed by atoms with E-state index in [1.54, 1.807) is 19.1 Å². The molecule has 1 aromatic heterocycles. The van der Waals surface area contributed by atoms with Gasteiger partial charge in [0.1, 0.15) is 11.2 Å². The van der Waals surface area contributed by atoms with E-state index < -0.39 is 6.04 Å². The number of nitrogen functional groups attached to an aromatic ring is 1. The van der Waals surface area contributed by atoms with Crippen molar-refractivity contribution in [2.75, 3.05) is 17.6 Å². The second-order valence-corrected chi connectivity index (χ2v) is 3.72. The molecule has 0 fully saturated rings. The van der Waals surface area contributed by atoms with Crippen LogP contribution in [0.5, 0.6) is 0 Å². The fraction of sp³-hybridized carbons (Fsp3) is 0.400. The monoisotopic (exact) mass is 242 g/mol. The van der Waals surface area contributed by atoms with Gasteiger partial charge in [-0.15, -0.1) is 0 Å². The summed E-state index contributed by atoms with van der Waals surface area (Å²) in [6, 6.07) is 2.83. The minimum atomic E-state index is -0.409. The number of amides is 1. The molecule has 1 heterocycles. The zero-order valence-corrected chi connectivity index (χ0v) is 10.0. The van der Waals surface area contributed by atoms with Crippen LogP contribution < -0.4 is 16.4 Å². The predicted octanol–water partition coefficient (Wildman–Crippen LogP) is 1.25. The summed E-state index contributed by atoms with van der Waals surface area (Å²) in [7, 11) is 0. The molecule has 0 aliphatic rings. The van der Waals surface area contributed by atoms with Crippen LogP contribution in [0.3, 0.4) is 0 Å². The highest BCUT2D eigenvalue weighted by Gasteiger charge is 2.13. The first-order chi connectivity index (χ1) is 7.54. The van der Waals surface area contributed by atoms with Crippen LogP contribution in [0.2, 0.25) is 5.15 Å². The molecular formula is C10H15ClN4O. The number of anilines is 2. The number of pyridine rings is 1. The third kappa shape index (κ3) is 3.27. The van der Waals surface area contributed by atoms with E-state index in [1.165, 1.54) is 0 Å². The summed E-state index contributed by atoms with van der Waals surface area (Å²) in [5.74, 6) is 0.315. The predicted molar refractivity (Wildman–Crippen MR) is 65.4 cm³/mol. The highest BCUT2D eigenvalue weighted by molar-refractivity contribution is 6.29. The SMILES string of the molecule is CCNC(=O)C(C)Nc1nc(Cl)ccc1N. The molecule has 1 rings (SSSR count). The van der Waals surface area contributed by atoms with Crippen molar-refractivity contribution in [3.63, 3.8) is 0 Å². The summed E-state index contributed by atoms with van der Waals surface area (Å²) in [6.07, 6.45) is 0. The second-order valence-electron chi connectivity index (χ2n) is 3.33. The number of hydrogen-bond donors (Lipinski definition) is 3. The molecule has 1 aromatic rings. The van der Waals surface area contributed by atoms with Gasteiger partial charge in [0.25, 0.3) is 0 Å². The number of likely N-dealkylation sites (N-methyl/N-ethyl adjacent to an activating group) is 1. The van der Waals surface area contributed by atoms with Crippen molar-refractivity contribution in [1.82, 2.24) is 10.3 Å². The lowest BCUT2D eigenvalue weighted by Gasteiger charge is -2.15. The molecule has 0 radical (unpaired) electrons. The van der Waals surface area contributed by atoms with Crippen molar-refractivity contribution >= 4 is 29.0 Å². The van der Waals surface area contributed by atoms with Crippen molar-refractivity contribution in [2.24, 2.45) is 0 Å². The fourth-order valence-electron chi connectivity index (χ4n) is 1.16. The number of nitrogens with two attached hydrogens (primary N) is 1. The molecule has 6 heteroatoms. The Morgan fingerprint density at radius 1 is 1.62 bits per heavy atom. The molecule has 0 bridgehead atoms. The zero-order valence-electron chi connectivity index (χ0n) is 9.25. The number of rotatable bonds is 4. The Morgan fingerprint density at radius 2 is 2.31 bits per heavy atom. The number of aromatic nitrogens is 1. The lowest BCUT2D eigenvalue weighted by molar-refractivity contribution is -0.121. The van der Waals surface area contributed by atoms with Gasteiger partial charge in [-0.2, -0.15) is 0 Å². The Hall–Kier alpha value is -1.49. The zero-order chi connectivity index (χ0) is 12.1. The van der Waals surface area contributed by atoms with Crippen LogP contribution in [0.4, 0.5) is 11.5 Å². The molecule has 5 nitrogen and oxygen atoms in total. The molecule has 1 atom stereocenters. The topological polar surface area (TPSA) is 80.0 Å². The highest BCUT2D eigenvalue weighted by atomic mass is 35.5. The first kappa shape index (κ1) is 12.6. The number of halogens is 1. The maximum Gasteiger partial charge on any atom is 0.242 e. The largest absolute Gasteiger partial charge is 0.396 e. The molecule has 16 heavy (non-hydrogen) atoms. The molecular weight excluding hydrogens is 228 g/mol. The van der Waals surface area contributed by atoms with Crippen LogP contribution >= 0.6 is 11.6 Å². The summed E-state index contributed by atoms with van der Waals surface area (Å²) in [4.78, 5) is 15.5. The summed E-state index contributed by atoms with van der Waals surface area (Å²) >= 11 is 5.73. The van der Waals surface area contributed by atoms with E-state index in [-0.39, 0.29) is 5.91 Å². The van der Waals surface area contributed by atoms with Gasteiger partial charge in [-0.05, 0) is 26.0 Å². The highest BCUT2D eigenvalue weighted by Crippen LogP contribution is 2.18. The average molecular weight is 243 g/mol. The van der Waals surface area contributed by atoms with Crippen LogP contribution in [0.15, 0.2) is 12.1 Å². The summed E-state index contributed by atoms with van der Waals surface area (Å²) < 4.78 is 0. The van der Waals surface area contributed by atoms with E-state index in [2.05, 4.69) is 15.6 Å². The number of nitrogens with one attached hydrogen (secondary N) is 2. The summed E-state index contributed by atoms with van der Waals surface area (Å²) in [6.45, 7) is 4.17. The number of carbonyl (C=O) groups is 1. The summed E-state index contributed by atoms with van der Waals surface area (Å²) in [5, 5.41) is 5.93. The van der Waals surface area contributed by atoms with Gasteiger partial charge in [0, 0.05) is 6.54 Å². The first-order valence-electron chi connectivity index (χ1n) is 5.01. The Morgan fingerprint density at radius 3 is 2.94 bits per heavy atom. The van der Waals surface area contributed by atoms with Crippen molar-refractivity contribution in [3.8, 4) is 0 Å². The van der Waals surface area contributed by atoms with Crippen molar-refractivity contribution in [2.45, 2.75) is 19.9 Å². The first-order valence-corrected chi connectivity index (χ1v) is 5.38. The van der Waals surface area contributed by atoms with Gasteiger partial charge in [0.2, 0.25) is 5.91 Å². The van der Waals surface area contributed by atoms with Crippen LogP contribution in [-0.4, -0.2) is 23.5 Å². The quantitative estimate of drug-likeness (QED) is 0.695. The van der Waals surface area contributed by atoms with Crippen LogP contribution in [0.1, 0.15) is 13.8 Å². The molecule has 88 valence electrons. The van der Waals surface area contributed by atoms with Crippen LogP contribution in [0.25, 0.3) is 0 Å². The molecule has 0 aliphatic carbocycles. The Kier molecular flexibility index (Phi) is 4.37. The molecule has 0 aliphatic heterocycles. The van der Waals surface area contributed by atoms with Crippen molar-refractivity contribution in [3.05, 3.63) is 17.3 Å². The minimum Gasteiger partial charge on any atom is -0.396 e. The van der Waals surface area contributed by atoms with E-state index in [0.717, 1.165) is 0 Å². The van der Waals surface area contributed by atoms with Crippen molar-refractivity contribution in [1.29, 1.82) is 0 Å². The van der Waals surface area contributed by atoms with Gasteiger partial charge >= 0.3 is 0 Å². The van der Waals surface area contributed by atoms with Gasteiger partial charge in [0.05, 0.1) is 5.69 Å². The molecule has 0 saturated heterocycles. The van der Waals surface area contributed by atoms with Gasteiger partial charge in [-0.3, -0.25) is 4.79 Å². The lowest BCUT2D eigenvalue weighted by atomic mass is 10.3. The smallest absolute Gasteiger partial charge is 0.242 e. The third-order valence-corrected chi connectivity index (χ3v) is 2.20. The Balaban J connectivity index is 2.72. The number of carbonyl (C=O) groups excluding carboxylic acids is 1. The second kappa shape index (κ2) is 5.55. The van der Waals surface area contributed by atoms with Gasteiger partial charge in [-0.1, -0.05) is 11.6 Å². The van der Waals surface area contributed by atoms with E-state index in [9.17, 15) is 4.79 Å². The van der Waals surface area contributed by atoms with Gasteiger partial charge in [-0.25, -0.2) is 4.98 Å². The van der Waals surface area contributed by atoms with E-state index >= 15 is 0 Å². The molecule has 1 unspecified atom stereocenters. The maximum atomic E-state index is 11.5. The maximum absolute atomic E-state index is 11.5. The number of nitrogens with zero attached hydrogens (tertiary/aromatic N) is 1. The standard InChI is InChI=1S/C10H15ClN4O/c1-3-13-10(16)6(2)14-9-7(12)4-5-8(11)15-9/h4-6H,3,12H2,1-2H3,(H,13,16)(H,14,15). The summed E-state index contributed by atoms with van der Waals surface area (Å²) in [5.41, 5.74) is 6.16. The third-order valence-electron chi connectivity index (χ3n) is 1.99. The molecule has 0 aromatic carbocycles. The van der Waals surface area contributed by atoms with Gasteiger partial charge in [0.15, 0.2) is 5.82 Å². The molecule has 0 spiro atoms. The average Bonchev–Trinajstić information content (AvgIpc) is 2.23. The van der Waals surface area contributed by atoms with Crippen LogP contribution in [0, 0.1) is 0 Å². The van der Waals surface area contributed by atoms with E-state index in [0.29, 0.717) is 23.2 Å². The van der Waals surface area contributed by atoms with E-state index in [4.69, 9.17) is 17.3 Å². The molecule has 0 saturated carbocycles. The number of hydrogen-bond acceptors (Lipinski definition) is 4. The molecule has 4 N–H and O–H groups in total. The van der Waals surface area contributed by atoms with Crippen LogP contribution in [-0.2, 0) is 4.79 Å². The Bertz CT molecular complexity index is 383. The fourth-order valence-corrected chi connectivity index (χ4v) is 1.31. The minimum absolute atomic E-state index is 0.108. The van der Waals surface area contributed by atoms with Gasteiger partial charge < -0.3 is 16.4 Å². The molecule has 1 amide bonds. The Labute approximate surface area is 99.4 Å². The van der Waals surface area contributed by atoms with Crippen molar-refractivity contribution < 1.29 is 4.79 Å². The van der Waals surface area contributed by atoms with E-state index in [1.807, 2.05) is 6.92 Å². The lowest BCUT2D eigenvalue weighted by Crippen LogP contribution is -2.37. The normalized spacial score (nSPS) is 11.9.